The van der Waals surface area contributed by atoms with Crippen LogP contribution in [-0.4, -0.2) is 28.8 Å². The van der Waals surface area contributed by atoms with E-state index in [2.05, 4.69) is 24.4 Å². The van der Waals surface area contributed by atoms with Gasteiger partial charge in [-0.1, -0.05) is 37.3 Å². The molecule has 1 aliphatic heterocycles. The summed E-state index contributed by atoms with van der Waals surface area (Å²) >= 11 is 2.01. The van der Waals surface area contributed by atoms with Gasteiger partial charge in [0.15, 0.2) is 0 Å². The van der Waals surface area contributed by atoms with Gasteiger partial charge in [-0.3, -0.25) is 0 Å². The normalized spacial score (nSPS) is 26.9. The van der Waals surface area contributed by atoms with Gasteiger partial charge in [0.2, 0.25) is 0 Å². The van der Waals surface area contributed by atoms with Crippen molar-refractivity contribution in [3.05, 3.63) is 35.9 Å². The van der Waals surface area contributed by atoms with Gasteiger partial charge in [0, 0.05) is 11.3 Å². The van der Waals surface area contributed by atoms with Crippen molar-refractivity contribution >= 4 is 11.8 Å². The lowest BCUT2D eigenvalue weighted by Crippen LogP contribution is -2.38. The number of benzene rings is 1. The lowest BCUT2D eigenvalue weighted by atomic mass is 10.0. The summed E-state index contributed by atoms with van der Waals surface area (Å²) in [5.41, 5.74) is 1.18. The molecule has 0 saturated carbocycles. The van der Waals surface area contributed by atoms with Crippen molar-refractivity contribution in [1.82, 2.24) is 5.32 Å². The van der Waals surface area contributed by atoms with Crippen LogP contribution < -0.4 is 5.32 Å². The van der Waals surface area contributed by atoms with E-state index in [1.165, 1.54) is 17.7 Å². The third kappa shape index (κ3) is 2.78. The molecule has 2 rings (SSSR count). The van der Waals surface area contributed by atoms with Crippen LogP contribution in [-0.2, 0) is 0 Å². The second kappa shape index (κ2) is 5.71. The molecule has 88 valence electrons. The number of nitrogens with one attached hydrogen (secondary N) is 1. The molecule has 1 heterocycles. The molecule has 1 aromatic rings. The Bertz CT molecular complexity index is 317. The Kier molecular flexibility index (Phi) is 4.27. The van der Waals surface area contributed by atoms with E-state index in [9.17, 15) is 5.11 Å². The Balaban J connectivity index is 2.00. The molecule has 0 spiro atoms. The molecule has 0 bridgehead atoms. The number of hydrogen-bond acceptors (Lipinski definition) is 3. The van der Waals surface area contributed by atoms with Gasteiger partial charge in [-0.2, -0.15) is 11.8 Å². The second-order valence-corrected chi connectivity index (χ2v) is 5.77. The van der Waals surface area contributed by atoms with Gasteiger partial charge in [-0.05, 0) is 17.7 Å². The van der Waals surface area contributed by atoms with Gasteiger partial charge in [0.05, 0.1) is 12.6 Å². The van der Waals surface area contributed by atoms with Crippen LogP contribution in [0.4, 0.5) is 0 Å². The SMILES string of the molecule is CC1SCCC1NC(CO)c1ccccc1. The fourth-order valence-corrected chi connectivity index (χ4v) is 3.36. The molecule has 16 heavy (non-hydrogen) atoms. The van der Waals surface area contributed by atoms with Crippen LogP contribution >= 0.6 is 11.8 Å². The minimum atomic E-state index is 0.0762. The molecule has 0 aliphatic carbocycles. The molecule has 3 heteroatoms. The molecule has 1 saturated heterocycles. The van der Waals surface area contributed by atoms with E-state index >= 15 is 0 Å². The van der Waals surface area contributed by atoms with Crippen molar-refractivity contribution in [1.29, 1.82) is 0 Å². The maximum Gasteiger partial charge on any atom is 0.0626 e. The smallest absolute Gasteiger partial charge is 0.0626 e. The molecule has 2 nitrogen and oxygen atoms in total. The van der Waals surface area contributed by atoms with Gasteiger partial charge in [0.1, 0.15) is 0 Å². The summed E-state index contributed by atoms with van der Waals surface area (Å²) in [6.45, 7) is 2.42. The first-order valence-electron chi connectivity index (χ1n) is 5.84. The predicted molar refractivity (Wildman–Crippen MR) is 69.7 cm³/mol. The third-order valence-electron chi connectivity index (χ3n) is 3.18. The Hall–Kier alpha value is -0.510. The maximum atomic E-state index is 9.46. The summed E-state index contributed by atoms with van der Waals surface area (Å²) in [6.07, 6.45) is 1.20. The first kappa shape index (κ1) is 12.0. The van der Waals surface area contributed by atoms with Gasteiger partial charge in [-0.15, -0.1) is 0 Å². The summed E-state index contributed by atoms with van der Waals surface area (Å²) in [5.74, 6) is 1.23. The Morgan fingerprint density at radius 2 is 2.19 bits per heavy atom. The number of aliphatic hydroxyl groups is 1. The van der Waals surface area contributed by atoms with E-state index in [1.807, 2.05) is 30.0 Å². The van der Waals surface area contributed by atoms with Crippen LogP contribution in [0, 0.1) is 0 Å². The van der Waals surface area contributed by atoms with Crippen LogP contribution in [0.25, 0.3) is 0 Å². The number of hydrogen-bond donors (Lipinski definition) is 2. The summed E-state index contributed by atoms with van der Waals surface area (Å²) in [6, 6.07) is 10.8. The summed E-state index contributed by atoms with van der Waals surface area (Å²) in [5, 5.41) is 13.7. The van der Waals surface area contributed by atoms with Crippen LogP contribution in [0.3, 0.4) is 0 Å². The Morgan fingerprint density at radius 1 is 1.44 bits per heavy atom. The van der Waals surface area contributed by atoms with Crippen molar-refractivity contribution < 1.29 is 5.11 Å². The molecule has 1 fully saturated rings. The summed E-state index contributed by atoms with van der Waals surface area (Å²) in [7, 11) is 0. The zero-order chi connectivity index (χ0) is 11.4. The fourth-order valence-electron chi connectivity index (χ4n) is 2.15. The molecule has 0 radical (unpaired) electrons. The molecule has 1 aliphatic rings. The Labute approximate surface area is 101 Å². The van der Waals surface area contributed by atoms with E-state index in [0.717, 1.165) is 0 Å². The largest absolute Gasteiger partial charge is 0.394 e. The maximum absolute atomic E-state index is 9.46. The molecule has 1 aromatic carbocycles. The van der Waals surface area contributed by atoms with Crippen LogP contribution in [0.5, 0.6) is 0 Å². The monoisotopic (exact) mass is 237 g/mol. The van der Waals surface area contributed by atoms with Crippen LogP contribution in [0.1, 0.15) is 24.9 Å². The highest BCUT2D eigenvalue weighted by Crippen LogP contribution is 2.28. The van der Waals surface area contributed by atoms with Crippen molar-refractivity contribution in [2.24, 2.45) is 0 Å². The highest BCUT2D eigenvalue weighted by Gasteiger charge is 2.26. The quantitative estimate of drug-likeness (QED) is 0.842. The van der Waals surface area contributed by atoms with Crippen molar-refractivity contribution in [3.63, 3.8) is 0 Å². The van der Waals surface area contributed by atoms with E-state index in [4.69, 9.17) is 0 Å². The minimum Gasteiger partial charge on any atom is -0.394 e. The zero-order valence-electron chi connectivity index (χ0n) is 9.60. The van der Waals surface area contributed by atoms with E-state index in [1.54, 1.807) is 0 Å². The van der Waals surface area contributed by atoms with Gasteiger partial charge < -0.3 is 10.4 Å². The molecular weight excluding hydrogens is 218 g/mol. The zero-order valence-corrected chi connectivity index (χ0v) is 10.4. The predicted octanol–water partition coefficient (Wildman–Crippen LogP) is 2.20. The first-order chi connectivity index (χ1) is 7.81. The van der Waals surface area contributed by atoms with Crippen LogP contribution in [0.15, 0.2) is 30.3 Å². The van der Waals surface area contributed by atoms with E-state index in [-0.39, 0.29) is 12.6 Å². The van der Waals surface area contributed by atoms with Crippen LogP contribution in [0.2, 0.25) is 0 Å². The molecule has 0 amide bonds. The lowest BCUT2D eigenvalue weighted by Gasteiger charge is -2.24. The third-order valence-corrected chi connectivity index (χ3v) is 4.50. The highest BCUT2D eigenvalue weighted by molar-refractivity contribution is 8.00. The molecule has 2 N–H and O–H groups in total. The molecular formula is C13H19NOS. The van der Waals surface area contributed by atoms with Crippen molar-refractivity contribution in [2.45, 2.75) is 30.7 Å². The number of aliphatic hydroxyl groups excluding tert-OH is 1. The first-order valence-corrected chi connectivity index (χ1v) is 6.89. The van der Waals surface area contributed by atoms with E-state index < -0.39 is 0 Å². The van der Waals surface area contributed by atoms with Gasteiger partial charge in [-0.25, -0.2) is 0 Å². The molecule has 0 aromatic heterocycles. The average Bonchev–Trinajstić information content (AvgIpc) is 2.73. The van der Waals surface area contributed by atoms with E-state index in [0.29, 0.717) is 11.3 Å². The van der Waals surface area contributed by atoms with Crippen molar-refractivity contribution in [2.75, 3.05) is 12.4 Å². The van der Waals surface area contributed by atoms with Gasteiger partial charge >= 0.3 is 0 Å². The second-order valence-electron chi connectivity index (χ2n) is 4.28. The standard InChI is InChI=1S/C13H19NOS/c1-10-12(7-8-16-10)14-13(9-15)11-5-3-2-4-6-11/h2-6,10,12-15H,7-9H2,1H3. The molecule has 3 atom stereocenters. The summed E-state index contributed by atoms with van der Waals surface area (Å²) < 4.78 is 0. The number of rotatable bonds is 4. The summed E-state index contributed by atoms with van der Waals surface area (Å²) in [4.78, 5) is 0. The lowest BCUT2D eigenvalue weighted by molar-refractivity contribution is 0.232. The highest BCUT2D eigenvalue weighted by atomic mass is 32.2. The fraction of sp³-hybridized carbons (Fsp3) is 0.538. The Morgan fingerprint density at radius 3 is 2.75 bits per heavy atom. The number of thioether (sulfide) groups is 1. The minimum absolute atomic E-state index is 0.0762. The van der Waals surface area contributed by atoms with Crippen molar-refractivity contribution in [3.8, 4) is 0 Å². The van der Waals surface area contributed by atoms with Gasteiger partial charge in [0.25, 0.3) is 0 Å². The average molecular weight is 237 g/mol. The topological polar surface area (TPSA) is 32.3 Å². The molecule has 3 unspecified atom stereocenters.